The van der Waals surface area contributed by atoms with Crippen molar-refractivity contribution in [3.63, 3.8) is 0 Å². The molecule has 0 radical (unpaired) electrons. The van der Waals surface area contributed by atoms with Gasteiger partial charge in [-0.15, -0.1) is 0 Å². The summed E-state index contributed by atoms with van der Waals surface area (Å²) >= 11 is 0. The molecule has 0 aliphatic heterocycles. The Morgan fingerprint density at radius 1 is 1.06 bits per heavy atom. The van der Waals surface area contributed by atoms with Crippen LogP contribution in [0.1, 0.15) is 36.0 Å². The van der Waals surface area contributed by atoms with Crippen LogP contribution in [0.25, 0.3) is 10.9 Å². The topological polar surface area (TPSA) is 66.5 Å². The number of hydrogen-bond donors (Lipinski definition) is 2. The lowest BCUT2D eigenvalue weighted by Crippen LogP contribution is -2.34. The number of para-hydroxylation sites is 1. The number of aromatic nitrogens is 1. The minimum atomic E-state index is -0.0410. The van der Waals surface area contributed by atoms with E-state index >= 15 is 0 Å². The molecule has 1 fully saturated rings. The highest BCUT2D eigenvalue weighted by atomic mass is 16.5. The molecular formula is C26H32N4O2. The number of amides is 1. The van der Waals surface area contributed by atoms with Gasteiger partial charge >= 0.3 is 0 Å². The fourth-order valence-electron chi connectivity index (χ4n) is 4.42. The fraction of sp³-hybridized carbons (Fsp3) is 0.385. The molecular weight excluding hydrogens is 400 g/mol. The van der Waals surface area contributed by atoms with Crippen LogP contribution in [0.4, 0.5) is 11.5 Å². The predicted octanol–water partition coefficient (Wildman–Crippen LogP) is 4.71. The molecule has 1 aliphatic rings. The Kier molecular flexibility index (Phi) is 6.78. The lowest BCUT2D eigenvalue weighted by molar-refractivity contribution is 0.0943. The number of rotatable bonds is 7. The first-order chi connectivity index (χ1) is 15.5. The number of hydrogen-bond acceptors (Lipinski definition) is 5. The number of nitrogens with zero attached hydrogens (tertiary/aromatic N) is 2. The first-order valence-electron chi connectivity index (χ1n) is 11.3. The standard InChI is InChI=1S/C26H32N4O2/c1-30(2)24-16-25(29-23-10-5-4-9-22(23)24)28-20-13-11-18(12-14-20)17-27-26(31)19-7-6-8-21(15-19)32-3/h4-10,15-16,18,20H,11-14,17H2,1-3H3,(H,27,31)(H,28,29). The third kappa shape index (κ3) is 5.13. The van der Waals surface area contributed by atoms with Gasteiger partial charge in [-0.3, -0.25) is 4.79 Å². The molecule has 0 spiro atoms. The molecule has 0 atom stereocenters. The molecule has 3 aromatic rings. The van der Waals surface area contributed by atoms with Gasteiger partial charge in [-0.2, -0.15) is 0 Å². The Hall–Kier alpha value is -3.28. The Bertz CT molecular complexity index is 1070. The van der Waals surface area contributed by atoms with E-state index in [-0.39, 0.29) is 5.91 Å². The second kappa shape index (κ2) is 9.90. The van der Waals surface area contributed by atoms with Crippen molar-refractivity contribution in [1.82, 2.24) is 10.3 Å². The van der Waals surface area contributed by atoms with Gasteiger partial charge in [0.15, 0.2) is 0 Å². The van der Waals surface area contributed by atoms with Crippen LogP contribution in [0.3, 0.4) is 0 Å². The highest BCUT2D eigenvalue weighted by Crippen LogP contribution is 2.30. The minimum absolute atomic E-state index is 0.0410. The van der Waals surface area contributed by atoms with E-state index < -0.39 is 0 Å². The van der Waals surface area contributed by atoms with Crippen molar-refractivity contribution >= 4 is 28.3 Å². The van der Waals surface area contributed by atoms with Crippen LogP contribution in [-0.2, 0) is 0 Å². The molecule has 32 heavy (non-hydrogen) atoms. The van der Waals surface area contributed by atoms with Crippen LogP contribution in [0, 0.1) is 5.92 Å². The average molecular weight is 433 g/mol. The van der Waals surface area contributed by atoms with Crippen molar-refractivity contribution in [1.29, 1.82) is 0 Å². The minimum Gasteiger partial charge on any atom is -0.497 e. The number of fused-ring (bicyclic) bond motifs is 1. The molecule has 1 aliphatic carbocycles. The molecule has 2 N–H and O–H groups in total. The number of ether oxygens (including phenoxy) is 1. The first-order valence-corrected chi connectivity index (χ1v) is 11.3. The molecule has 6 nitrogen and oxygen atoms in total. The van der Waals surface area contributed by atoms with Crippen LogP contribution in [0.5, 0.6) is 5.75 Å². The van der Waals surface area contributed by atoms with Gasteiger partial charge in [-0.05, 0) is 55.9 Å². The van der Waals surface area contributed by atoms with Crippen molar-refractivity contribution < 1.29 is 9.53 Å². The summed E-state index contributed by atoms with van der Waals surface area (Å²) in [6.07, 6.45) is 4.32. The SMILES string of the molecule is COc1cccc(C(=O)NCC2CCC(Nc3cc(N(C)C)c4ccccc4n3)CC2)c1. The highest BCUT2D eigenvalue weighted by Gasteiger charge is 2.22. The Labute approximate surface area is 190 Å². The van der Waals surface area contributed by atoms with Gasteiger partial charge in [0.25, 0.3) is 5.91 Å². The first kappa shape index (κ1) is 21.9. The largest absolute Gasteiger partial charge is 0.497 e. The van der Waals surface area contributed by atoms with Crippen LogP contribution >= 0.6 is 0 Å². The second-order valence-corrected chi connectivity index (χ2v) is 8.74. The summed E-state index contributed by atoms with van der Waals surface area (Å²) in [4.78, 5) is 19.4. The number of nitrogens with one attached hydrogen (secondary N) is 2. The maximum absolute atomic E-state index is 12.5. The molecule has 4 rings (SSSR count). The van der Waals surface area contributed by atoms with Crippen molar-refractivity contribution in [2.24, 2.45) is 5.92 Å². The van der Waals surface area contributed by atoms with Gasteiger partial charge in [-0.25, -0.2) is 4.98 Å². The predicted molar refractivity (Wildman–Crippen MR) is 131 cm³/mol. The van der Waals surface area contributed by atoms with Crippen LogP contribution in [0.15, 0.2) is 54.6 Å². The Morgan fingerprint density at radius 2 is 1.84 bits per heavy atom. The van der Waals surface area contributed by atoms with Crippen LogP contribution in [0.2, 0.25) is 0 Å². The maximum atomic E-state index is 12.5. The molecule has 6 heteroatoms. The summed E-state index contributed by atoms with van der Waals surface area (Å²) in [6.45, 7) is 0.710. The second-order valence-electron chi connectivity index (χ2n) is 8.74. The van der Waals surface area contributed by atoms with Gasteiger partial charge in [0.05, 0.1) is 12.6 Å². The van der Waals surface area contributed by atoms with E-state index in [4.69, 9.17) is 9.72 Å². The summed E-state index contributed by atoms with van der Waals surface area (Å²) in [5.74, 6) is 2.09. The molecule has 1 aromatic heterocycles. The molecule has 0 bridgehead atoms. The van der Waals surface area contributed by atoms with E-state index in [2.05, 4.69) is 53.9 Å². The zero-order valence-corrected chi connectivity index (χ0v) is 19.1. The molecule has 0 unspecified atom stereocenters. The third-order valence-electron chi connectivity index (χ3n) is 6.26. The summed E-state index contributed by atoms with van der Waals surface area (Å²) in [5.41, 5.74) is 2.82. The van der Waals surface area contributed by atoms with Crippen LogP contribution < -0.4 is 20.3 Å². The van der Waals surface area contributed by atoms with Crippen molar-refractivity contribution in [2.45, 2.75) is 31.7 Å². The lowest BCUT2D eigenvalue weighted by atomic mass is 9.86. The van der Waals surface area contributed by atoms with E-state index in [0.29, 0.717) is 29.8 Å². The number of benzene rings is 2. The van der Waals surface area contributed by atoms with E-state index in [1.165, 1.54) is 11.1 Å². The normalized spacial score (nSPS) is 18.2. The van der Waals surface area contributed by atoms with Crippen molar-refractivity contribution in [3.8, 4) is 5.75 Å². The number of methoxy groups -OCH3 is 1. The van der Waals surface area contributed by atoms with Gasteiger partial charge in [0.1, 0.15) is 11.6 Å². The van der Waals surface area contributed by atoms with Gasteiger partial charge in [0.2, 0.25) is 0 Å². The van der Waals surface area contributed by atoms with E-state index in [1.807, 2.05) is 24.3 Å². The summed E-state index contributed by atoms with van der Waals surface area (Å²) in [7, 11) is 5.74. The van der Waals surface area contributed by atoms with Crippen molar-refractivity contribution in [3.05, 3.63) is 60.2 Å². The molecule has 168 valence electrons. The van der Waals surface area contributed by atoms with Gasteiger partial charge in [0, 0.05) is 49.4 Å². The number of pyridine rings is 1. The van der Waals surface area contributed by atoms with E-state index in [0.717, 1.165) is 37.0 Å². The van der Waals surface area contributed by atoms with E-state index in [9.17, 15) is 4.79 Å². The monoisotopic (exact) mass is 432 g/mol. The quantitative estimate of drug-likeness (QED) is 0.566. The third-order valence-corrected chi connectivity index (χ3v) is 6.26. The van der Waals surface area contributed by atoms with Gasteiger partial charge < -0.3 is 20.3 Å². The lowest BCUT2D eigenvalue weighted by Gasteiger charge is -2.30. The average Bonchev–Trinajstić information content (AvgIpc) is 2.82. The number of anilines is 2. The van der Waals surface area contributed by atoms with Gasteiger partial charge in [-0.1, -0.05) is 24.3 Å². The Balaban J connectivity index is 1.31. The van der Waals surface area contributed by atoms with Crippen LogP contribution in [-0.4, -0.2) is 44.7 Å². The summed E-state index contributed by atoms with van der Waals surface area (Å²) in [5, 5.41) is 7.91. The molecule has 0 saturated heterocycles. The number of carbonyl (C=O) groups is 1. The van der Waals surface area contributed by atoms with Crippen molar-refractivity contribution in [2.75, 3.05) is 38.0 Å². The highest BCUT2D eigenvalue weighted by molar-refractivity contribution is 5.94. The smallest absolute Gasteiger partial charge is 0.251 e. The Morgan fingerprint density at radius 3 is 2.59 bits per heavy atom. The zero-order chi connectivity index (χ0) is 22.5. The number of carbonyl (C=O) groups excluding carboxylic acids is 1. The molecule has 1 saturated carbocycles. The molecule has 2 aromatic carbocycles. The fourth-order valence-corrected chi connectivity index (χ4v) is 4.42. The molecule has 1 amide bonds. The van der Waals surface area contributed by atoms with E-state index in [1.54, 1.807) is 13.2 Å². The summed E-state index contributed by atoms with van der Waals surface area (Å²) in [6, 6.07) is 18.1. The maximum Gasteiger partial charge on any atom is 0.251 e. The zero-order valence-electron chi connectivity index (χ0n) is 19.1. The molecule has 1 heterocycles. The summed E-state index contributed by atoms with van der Waals surface area (Å²) < 4.78 is 5.21.